The van der Waals surface area contributed by atoms with Crippen molar-refractivity contribution in [1.29, 1.82) is 0 Å². The Morgan fingerprint density at radius 1 is 1.41 bits per heavy atom. The number of hydrogen-bond donors (Lipinski definition) is 1. The number of anilines is 1. The predicted molar refractivity (Wildman–Crippen MR) is 86.6 cm³/mol. The number of nitrogens with zero attached hydrogens (tertiary/aromatic N) is 2. The Morgan fingerprint density at radius 3 is 2.91 bits per heavy atom. The lowest BCUT2D eigenvalue weighted by Crippen LogP contribution is -2.41. The molecular weight excluding hydrogens is 302 g/mol. The molecule has 1 aromatic rings. The first kappa shape index (κ1) is 15.6. The van der Waals surface area contributed by atoms with Gasteiger partial charge in [0.2, 0.25) is 0 Å². The van der Waals surface area contributed by atoms with Gasteiger partial charge in [-0.25, -0.2) is 4.98 Å². The van der Waals surface area contributed by atoms with Gasteiger partial charge in [-0.3, -0.25) is 4.79 Å². The third-order valence-electron chi connectivity index (χ3n) is 4.29. The number of carbonyl (C=O) groups is 1. The molecule has 0 saturated carbocycles. The van der Waals surface area contributed by atoms with Gasteiger partial charge in [0, 0.05) is 31.3 Å². The van der Waals surface area contributed by atoms with Gasteiger partial charge in [0.05, 0.1) is 6.10 Å². The van der Waals surface area contributed by atoms with E-state index in [2.05, 4.69) is 15.2 Å². The summed E-state index contributed by atoms with van der Waals surface area (Å²) in [6.45, 7) is 4.69. The highest BCUT2D eigenvalue weighted by atomic mass is 35.5. The molecule has 1 amide bonds. The van der Waals surface area contributed by atoms with Crippen molar-refractivity contribution in [3.8, 4) is 0 Å². The fraction of sp³-hybridized carbons (Fsp3) is 0.625. The third kappa shape index (κ3) is 3.70. The molecule has 0 aliphatic carbocycles. The van der Waals surface area contributed by atoms with Gasteiger partial charge in [-0.2, -0.15) is 0 Å². The van der Waals surface area contributed by atoms with Crippen LogP contribution in [0.2, 0.25) is 5.15 Å². The summed E-state index contributed by atoms with van der Waals surface area (Å²) < 4.78 is 5.51. The van der Waals surface area contributed by atoms with Gasteiger partial charge in [0.25, 0.3) is 5.91 Å². The summed E-state index contributed by atoms with van der Waals surface area (Å²) in [6.07, 6.45) is 4.23. The average molecular weight is 324 g/mol. The van der Waals surface area contributed by atoms with Crippen LogP contribution < -0.4 is 10.2 Å². The van der Waals surface area contributed by atoms with E-state index < -0.39 is 0 Å². The predicted octanol–water partition coefficient (Wildman–Crippen LogP) is 2.63. The molecule has 0 spiro atoms. The van der Waals surface area contributed by atoms with E-state index in [4.69, 9.17) is 16.3 Å². The van der Waals surface area contributed by atoms with Gasteiger partial charge in [-0.1, -0.05) is 11.6 Å². The molecule has 6 heteroatoms. The first-order chi connectivity index (χ1) is 10.6. The Morgan fingerprint density at radius 2 is 2.18 bits per heavy atom. The number of halogens is 1. The maximum absolute atomic E-state index is 12.5. The summed E-state index contributed by atoms with van der Waals surface area (Å²) in [4.78, 5) is 19.0. The van der Waals surface area contributed by atoms with Crippen molar-refractivity contribution in [1.82, 2.24) is 10.3 Å². The van der Waals surface area contributed by atoms with Gasteiger partial charge < -0.3 is 15.0 Å². The number of rotatable bonds is 3. The van der Waals surface area contributed by atoms with Gasteiger partial charge in [0.1, 0.15) is 11.0 Å². The van der Waals surface area contributed by atoms with Crippen LogP contribution in [0.1, 0.15) is 43.0 Å². The summed E-state index contributed by atoms with van der Waals surface area (Å²) >= 11 is 6.10. The molecule has 2 saturated heterocycles. The van der Waals surface area contributed by atoms with Crippen LogP contribution in [-0.2, 0) is 4.74 Å². The molecule has 120 valence electrons. The highest BCUT2D eigenvalue weighted by Crippen LogP contribution is 2.22. The van der Waals surface area contributed by atoms with E-state index in [1.54, 1.807) is 6.07 Å². The quantitative estimate of drug-likeness (QED) is 0.869. The zero-order chi connectivity index (χ0) is 15.5. The Balaban J connectivity index is 1.71. The van der Waals surface area contributed by atoms with Crippen molar-refractivity contribution in [2.24, 2.45) is 0 Å². The largest absolute Gasteiger partial charge is 0.378 e. The average Bonchev–Trinajstić information content (AvgIpc) is 3.01. The fourth-order valence-corrected chi connectivity index (χ4v) is 3.32. The van der Waals surface area contributed by atoms with E-state index in [0.717, 1.165) is 44.6 Å². The zero-order valence-corrected chi connectivity index (χ0v) is 13.6. The summed E-state index contributed by atoms with van der Waals surface area (Å²) in [7, 11) is 0. The zero-order valence-electron chi connectivity index (χ0n) is 12.8. The van der Waals surface area contributed by atoms with Gasteiger partial charge in [-0.15, -0.1) is 0 Å². The fourth-order valence-electron chi connectivity index (χ4n) is 3.12. The molecule has 1 aromatic heterocycles. The first-order valence-corrected chi connectivity index (χ1v) is 8.34. The summed E-state index contributed by atoms with van der Waals surface area (Å²) in [5.41, 5.74) is 0.584. The van der Waals surface area contributed by atoms with Crippen LogP contribution in [-0.4, -0.2) is 42.7 Å². The number of nitrogens with one attached hydrogen (secondary N) is 1. The molecule has 0 bridgehead atoms. The molecule has 5 nitrogen and oxygen atoms in total. The minimum absolute atomic E-state index is 0.0798. The lowest BCUT2D eigenvalue weighted by Gasteiger charge is -2.28. The van der Waals surface area contributed by atoms with Crippen LogP contribution in [0, 0.1) is 0 Å². The second kappa shape index (κ2) is 6.84. The van der Waals surface area contributed by atoms with Crippen molar-refractivity contribution in [3.05, 3.63) is 22.8 Å². The van der Waals surface area contributed by atoms with Crippen LogP contribution in [0.25, 0.3) is 0 Å². The molecule has 22 heavy (non-hydrogen) atoms. The lowest BCUT2D eigenvalue weighted by atomic mass is 10.0. The van der Waals surface area contributed by atoms with Crippen molar-refractivity contribution in [3.63, 3.8) is 0 Å². The Labute approximate surface area is 136 Å². The number of aromatic nitrogens is 1. The molecule has 2 unspecified atom stereocenters. The number of pyridine rings is 1. The van der Waals surface area contributed by atoms with Gasteiger partial charge >= 0.3 is 0 Å². The second-order valence-corrected chi connectivity index (χ2v) is 6.49. The number of carbonyl (C=O) groups excluding carboxylic acids is 1. The van der Waals surface area contributed by atoms with Crippen molar-refractivity contribution in [2.75, 3.05) is 24.6 Å². The van der Waals surface area contributed by atoms with Crippen LogP contribution >= 0.6 is 11.6 Å². The SMILES string of the molecule is CC1CC(NC(=O)c2cc(Cl)nc(N3CCCC3)c2)CCO1. The maximum Gasteiger partial charge on any atom is 0.251 e. The topological polar surface area (TPSA) is 54.5 Å². The molecule has 2 fully saturated rings. The monoisotopic (exact) mass is 323 g/mol. The highest BCUT2D eigenvalue weighted by Gasteiger charge is 2.22. The van der Waals surface area contributed by atoms with E-state index in [1.165, 1.54) is 0 Å². The molecule has 3 rings (SSSR count). The van der Waals surface area contributed by atoms with E-state index >= 15 is 0 Å². The molecular formula is C16H22ClN3O2. The molecule has 2 atom stereocenters. The third-order valence-corrected chi connectivity index (χ3v) is 4.49. The van der Waals surface area contributed by atoms with Gasteiger partial charge in [0.15, 0.2) is 0 Å². The highest BCUT2D eigenvalue weighted by molar-refractivity contribution is 6.29. The minimum atomic E-state index is -0.0798. The molecule has 0 radical (unpaired) electrons. The molecule has 2 aliphatic heterocycles. The van der Waals surface area contributed by atoms with Crippen LogP contribution in [0.15, 0.2) is 12.1 Å². The summed E-state index contributed by atoms with van der Waals surface area (Å²) in [6, 6.07) is 3.65. The van der Waals surface area contributed by atoms with E-state index in [1.807, 2.05) is 13.0 Å². The summed E-state index contributed by atoms with van der Waals surface area (Å²) in [5.74, 6) is 0.722. The second-order valence-electron chi connectivity index (χ2n) is 6.11. The normalized spacial score (nSPS) is 25.3. The number of hydrogen-bond acceptors (Lipinski definition) is 4. The van der Waals surface area contributed by atoms with Crippen LogP contribution in [0.3, 0.4) is 0 Å². The molecule has 1 N–H and O–H groups in total. The Bertz CT molecular complexity index is 546. The van der Waals surface area contributed by atoms with E-state index in [-0.39, 0.29) is 18.1 Å². The smallest absolute Gasteiger partial charge is 0.251 e. The van der Waals surface area contributed by atoms with Crippen molar-refractivity contribution >= 4 is 23.3 Å². The van der Waals surface area contributed by atoms with Crippen molar-refractivity contribution in [2.45, 2.75) is 44.8 Å². The van der Waals surface area contributed by atoms with E-state index in [9.17, 15) is 4.79 Å². The first-order valence-electron chi connectivity index (χ1n) is 7.97. The summed E-state index contributed by atoms with van der Waals surface area (Å²) in [5, 5.41) is 3.46. The minimum Gasteiger partial charge on any atom is -0.378 e. The lowest BCUT2D eigenvalue weighted by molar-refractivity contribution is 0.0136. The molecule has 0 aromatic carbocycles. The molecule has 3 heterocycles. The van der Waals surface area contributed by atoms with Crippen LogP contribution in [0.5, 0.6) is 0 Å². The maximum atomic E-state index is 12.5. The van der Waals surface area contributed by atoms with Crippen LogP contribution in [0.4, 0.5) is 5.82 Å². The van der Waals surface area contributed by atoms with E-state index in [0.29, 0.717) is 17.3 Å². The molecule has 2 aliphatic rings. The Kier molecular flexibility index (Phi) is 4.84. The Hall–Kier alpha value is -1.33. The number of ether oxygens (including phenoxy) is 1. The van der Waals surface area contributed by atoms with Crippen molar-refractivity contribution < 1.29 is 9.53 Å². The number of amides is 1. The van der Waals surface area contributed by atoms with Gasteiger partial charge in [-0.05, 0) is 44.7 Å². The standard InChI is InChI=1S/C16H22ClN3O2/c1-11-8-13(4-7-22-11)18-16(21)12-9-14(17)19-15(10-12)20-5-2-3-6-20/h9-11,13H,2-8H2,1H3,(H,18,21).